The number of carbonyl (C=O) groups is 1. The van der Waals surface area contributed by atoms with E-state index in [0.717, 1.165) is 0 Å². The Morgan fingerprint density at radius 3 is 2.81 bits per heavy atom. The number of rotatable bonds is 6. The molecule has 1 aliphatic rings. The molecule has 2 aromatic rings. The molecule has 3 rings (SSSR count). The summed E-state index contributed by atoms with van der Waals surface area (Å²) in [5.74, 6) is 1.56. The highest BCUT2D eigenvalue weighted by atomic mass is 35.5. The van der Waals surface area contributed by atoms with E-state index < -0.39 is 5.91 Å². The summed E-state index contributed by atoms with van der Waals surface area (Å²) in [6.07, 6.45) is 1.47. The second-order valence-corrected chi connectivity index (χ2v) is 6.25. The van der Waals surface area contributed by atoms with Crippen molar-refractivity contribution in [2.24, 2.45) is 5.10 Å². The second-order valence-electron chi connectivity index (χ2n) is 5.40. The number of methoxy groups -OCH3 is 1. The number of amides is 1. The van der Waals surface area contributed by atoms with E-state index in [-0.39, 0.29) is 6.61 Å². The summed E-state index contributed by atoms with van der Waals surface area (Å²) in [4.78, 5) is 11.9. The van der Waals surface area contributed by atoms with Crippen molar-refractivity contribution in [3.63, 3.8) is 0 Å². The fraction of sp³-hybridized carbons (Fsp3) is 0.222. The number of halogens is 2. The molecule has 0 saturated heterocycles. The van der Waals surface area contributed by atoms with E-state index in [0.29, 0.717) is 51.8 Å². The van der Waals surface area contributed by atoms with Gasteiger partial charge in [-0.25, -0.2) is 5.43 Å². The zero-order chi connectivity index (χ0) is 19.2. The lowest BCUT2D eigenvalue weighted by Gasteiger charge is -2.20. The van der Waals surface area contributed by atoms with Gasteiger partial charge in [-0.2, -0.15) is 5.10 Å². The van der Waals surface area contributed by atoms with Gasteiger partial charge in [0.2, 0.25) is 5.75 Å². The molecule has 1 amide bonds. The summed E-state index contributed by atoms with van der Waals surface area (Å²) < 4.78 is 21.7. The summed E-state index contributed by atoms with van der Waals surface area (Å²) in [5.41, 5.74) is 3.05. The number of hydrogen-bond donors (Lipinski definition) is 1. The largest absolute Gasteiger partial charge is 0.493 e. The van der Waals surface area contributed by atoms with Crippen molar-refractivity contribution in [1.82, 2.24) is 5.43 Å². The van der Waals surface area contributed by atoms with Crippen LogP contribution in [0.1, 0.15) is 5.56 Å². The Kier molecular flexibility index (Phi) is 6.26. The monoisotopic (exact) mass is 410 g/mol. The summed E-state index contributed by atoms with van der Waals surface area (Å²) >= 11 is 11.8. The summed E-state index contributed by atoms with van der Waals surface area (Å²) in [7, 11) is 1.54. The molecule has 142 valence electrons. The molecule has 0 saturated carbocycles. The fourth-order valence-corrected chi connectivity index (χ4v) is 2.78. The highest BCUT2D eigenvalue weighted by Gasteiger charge is 2.18. The van der Waals surface area contributed by atoms with E-state index in [1.165, 1.54) is 19.4 Å². The third-order valence-electron chi connectivity index (χ3n) is 3.51. The van der Waals surface area contributed by atoms with Gasteiger partial charge in [-0.05, 0) is 30.3 Å². The molecule has 9 heteroatoms. The molecule has 0 unspecified atom stereocenters. The van der Waals surface area contributed by atoms with Crippen LogP contribution < -0.4 is 24.4 Å². The van der Waals surface area contributed by atoms with Crippen molar-refractivity contribution in [3.05, 3.63) is 45.9 Å². The van der Waals surface area contributed by atoms with Crippen LogP contribution in [-0.4, -0.2) is 39.1 Å². The smallest absolute Gasteiger partial charge is 0.277 e. The number of hydrazone groups is 1. The lowest BCUT2D eigenvalue weighted by Crippen LogP contribution is -2.24. The van der Waals surface area contributed by atoms with Crippen LogP contribution >= 0.6 is 23.2 Å². The zero-order valence-electron chi connectivity index (χ0n) is 14.3. The van der Waals surface area contributed by atoms with Gasteiger partial charge in [0.25, 0.3) is 5.91 Å². The SMILES string of the molecule is COc1cc(/C=N\NC(=O)COc2ccc(Cl)cc2Cl)cc2c1OCCO2. The van der Waals surface area contributed by atoms with Gasteiger partial charge in [0, 0.05) is 10.6 Å². The Labute approximate surface area is 165 Å². The first kappa shape index (κ1) is 19.1. The van der Waals surface area contributed by atoms with Crippen LogP contribution in [0, 0.1) is 0 Å². The predicted octanol–water partition coefficient (Wildman–Crippen LogP) is 3.30. The van der Waals surface area contributed by atoms with Crippen molar-refractivity contribution in [3.8, 4) is 23.0 Å². The maximum atomic E-state index is 11.9. The Bertz CT molecular complexity index is 856. The Hall–Kier alpha value is -2.64. The van der Waals surface area contributed by atoms with Gasteiger partial charge < -0.3 is 18.9 Å². The third-order valence-corrected chi connectivity index (χ3v) is 4.04. The minimum atomic E-state index is -0.443. The molecule has 0 atom stereocenters. The van der Waals surface area contributed by atoms with Crippen molar-refractivity contribution in [2.75, 3.05) is 26.9 Å². The van der Waals surface area contributed by atoms with Crippen molar-refractivity contribution < 1.29 is 23.7 Å². The van der Waals surface area contributed by atoms with E-state index in [1.807, 2.05) is 0 Å². The van der Waals surface area contributed by atoms with Gasteiger partial charge in [0.05, 0.1) is 18.3 Å². The number of benzene rings is 2. The lowest BCUT2D eigenvalue weighted by atomic mass is 10.2. The molecular weight excluding hydrogens is 395 g/mol. The quantitative estimate of drug-likeness (QED) is 0.583. The molecule has 1 aliphatic heterocycles. The number of hydrogen-bond acceptors (Lipinski definition) is 6. The number of nitrogens with one attached hydrogen (secondary N) is 1. The van der Waals surface area contributed by atoms with Crippen LogP contribution in [0.25, 0.3) is 0 Å². The second kappa shape index (κ2) is 8.83. The van der Waals surface area contributed by atoms with Gasteiger partial charge in [0.1, 0.15) is 19.0 Å². The van der Waals surface area contributed by atoms with Crippen molar-refractivity contribution >= 4 is 35.3 Å². The molecule has 0 aliphatic carbocycles. The highest BCUT2D eigenvalue weighted by Crippen LogP contribution is 2.39. The first-order valence-electron chi connectivity index (χ1n) is 7.94. The molecule has 7 nitrogen and oxygen atoms in total. The van der Waals surface area contributed by atoms with Gasteiger partial charge >= 0.3 is 0 Å². The molecule has 0 spiro atoms. The maximum Gasteiger partial charge on any atom is 0.277 e. The number of fused-ring (bicyclic) bond motifs is 1. The lowest BCUT2D eigenvalue weighted by molar-refractivity contribution is -0.123. The molecule has 0 bridgehead atoms. The standard InChI is InChI=1S/C18H16Cl2N2O5/c1-24-15-6-11(7-16-18(15)26-5-4-25-16)9-21-22-17(23)10-27-14-3-2-12(19)8-13(14)20/h2-3,6-9H,4-5,10H2,1H3,(H,22,23)/b21-9-. The number of nitrogens with zero attached hydrogens (tertiary/aromatic N) is 1. The molecular formula is C18H16Cl2N2O5. The Balaban J connectivity index is 1.57. The van der Waals surface area contributed by atoms with Gasteiger partial charge in [-0.1, -0.05) is 23.2 Å². The third kappa shape index (κ3) is 4.96. The summed E-state index contributed by atoms with van der Waals surface area (Å²) in [6, 6.07) is 8.21. The minimum absolute atomic E-state index is 0.247. The van der Waals surface area contributed by atoms with Gasteiger partial charge in [0.15, 0.2) is 18.1 Å². The van der Waals surface area contributed by atoms with Crippen LogP contribution in [0.2, 0.25) is 10.0 Å². The highest BCUT2D eigenvalue weighted by molar-refractivity contribution is 6.35. The number of carbonyl (C=O) groups excluding carboxylic acids is 1. The summed E-state index contributed by atoms with van der Waals surface area (Å²) in [6.45, 7) is 0.672. The van der Waals surface area contributed by atoms with Crippen LogP contribution in [0.15, 0.2) is 35.4 Å². The molecule has 0 fully saturated rings. The van der Waals surface area contributed by atoms with Gasteiger partial charge in [-0.15, -0.1) is 0 Å². The van der Waals surface area contributed by atoms with E-state index >= 15 is 0 Å². The maximum absolute atomic E-state index is 11.9. The van der Waals surface area contributed by atoms with Crippen LogP contribution in [-0.2, 0) is 4.79 Å². The van der Waals surface area contributed by atoms with Crippen LogP contribution in [0.4, 0.5) is 0 Å². The van der Waals surface area contributed by atoms with Gasteiger partial charge in [-0.3, -0.25) is 4.79 Å². The Morgan fingerprint density at radius 2 is 2.04 bits per heavy atom. The molecule has 0 radical (unpaired) electrons. The molecule has 1 N–H and O–H groups in total. The predicted molar refractivity (Wildman–Crippen MR) is 102 cm³/mol. The summed E-state index contributed by atoms with van der Waals surface area (Å²) in [5, 5.41) is 4.71. The van der Waals surface area contributed by atoms with E-state index in [1.54, 1.807) is 24.3 Å². The fourth-order valence-electron chi connectivity index (χ4n) is 2.31. The van der Waals surface area contributed by atoms with E-state index in [4.69, 9.17) is 42.1 Å². The van der Waals surface area contributed by atoms with E-state index in [9.17, 15) is 4.79 Å². The molecule has 1 heterocycles. The average molecular weight is 411 g/mol. The first-order valence-corrected chi connectivity index (χ1v) is 8.70. The minimum Gasteiger partial charge on any atom is -0.493 e. The first-order chi connectivity index (χ1) is 13.1. The van der Waals surface area contributed by atoms with Crippen molar-refractivity contribution in [2.45, 2.75) is 0 Å². The Morgan fingerprint density at radius 1 is 1.22 bits per heavy atom. The average Bonchev–Trinajstić information content (AvgIpc) is 2.66. The van der Waals surface area contributed by atoms with Crippen molar-refractivity contribution in [1.29, 1.82) is 0 Å². The molecule has 0 aromatic heterocycles. The molecule has 27 heavy (non-hydrogen) atoms. The topological polar surface area (TPSA) is 78.4 Å². The van der Waals surface area contributed by atoms with E-state index in [2.05, 4.69) is 10.5 Å². The molecule has 2 aromatic carbocycles. The number of ether oxygens (including phenoxy) is 4. The van der Waals surface area contributed by atoms with Crippen LogP contribution in [0.3, 0.4) is 0 Å². The normalized spacial score (nSPS) is 12.7. The van der Waals surface area contributed by atoms with Crippen LogP contribution in [0.5, 0.6) is 23.0 Å². The zero-order valence-corrected chi connectivity index (χ0v) is 15.8.